The van der Waals surface area contributed by atoms with E-state index in [0.717, 1.165) is 6.26 Å². The molecule has 140 valence electrons. The molecule has 0 saturated heterocycles. The van der Waals surface area contributed by atoms with E-state index in [-0.39, 0.29) is 23.3 Å². The van der Waals surface area contributed by atoms with E-state index in [9.17, 15) is 13.2 Å². The lowest BCUT2D eigenvalue weighted by atomic mass is 10.1. The molecule has 4 N–H and O–H groups in total. The lowest BCUT2D eigenvalue weighted by Gasteiger charge is -2.22. The summed E-state index contributed by atoms with van der Waals surface area (Å²) in [6.45, 7) is 5.35. The molecule has 0 aliphatic heterocycles. The summed E-state index contributed by atoms with van der Waals surface area (Å²) in [7, 11) is -3.43. The molecule has 0 radical (unpaired) electrons. The van der Waals surface area contributed by atoms with Crippen molar-refractivity contribution in [2.75, 3.05) is 23.9 Å². The van der Waals surface area contributed by atoms with E-state index in [1.165, 1.54) is 18.5 Å². The van der Waals surface area contributed by atoms with Gasteiger partial charge in [-0.1, -0.05) is 0 Å². The number of urea groups is 1. The first-order valence-corrected chi connectivity index (χ1v) is 9.65. The number of sulfone groups is 1. The lowest BCUT2D eigenvalue weighted by molar-refractivity contribution is 0.252. The molecule has 2 heterocycles. The molecule has 0 unspecified atom stereocenters. The molecule has 0 saturated carbocycles. The average Bonchev–Trinajstić information content (AvgIpc) is 2.54. The van der Waals surface area contributed by atoms with Crippen molar-refractivity contribution in [3.05, 3.63) is 24.2 Å². The van der Waals surface area contributed by atoms with Gasteiger partial charge in [-0.2, -0.15) is 0 Å². The largest absolute Gasteiger partial charge is 0.384 e. The molecule has 2 rings (SSSR count). The van der Waals surface area contributed by atoms with Gasteiger partial charge in [0.2, 0.25) is 5.95 Å². The Morgan fingerprint density at radius 1 is 1.23 bits per heavy atom. The summed E-state index contributed by atoms with van der Waals surface area (Å²) in [4.78, 5) is 27.9. The SMILES string of the molecule is CCNC(=O)Nc1ncc(-c2nc(N)cc(C(C)(C)S(C)(=O)=O)n2)cn1. The Morgan fingerprint density at radius 2 is 1.85 bits per heavy atom. The first kappa shape index (κ1) is 19.5. The van der Waals surface area contributed by atoms with Crippen molar-refractivity contribution < 1.29 is 13.2 Å². The van der Waals surface area contributed by atoms with Crippen LogP contribution < -0.4 is 16.4 Å². The molecule has 0 atom stereocenters. The summed E-state index contributed by atoms with van der Waals surface area (Å²) >= 11 is 0. The van der Waals surface area contributed by atoms with Crippen LogP contribution in [0.15, 0.2) is 18.5 Å². The Labute approximate surface area is 151 Å². The number of nitrogens with two attached hydrogens (primary N) is 1. The van der Waals surface area contributed by atoms with Crippen molar-refractivity contribution in [2.24, 2.45) is 0 Å². The average molecular weight is 379 g/mol. The number of amides is 2. The minimum Gasteiger partial charge on any atom is -0.384 e. The zero-order chi connectivity index (χ0) is 19.5. The number of nitrogens with zero attached hydrogens (tertiary/aromatic N) is 4. The molecule has 2 aromatic heterocycles. The number of hydrogen-bond donors (Lipinski definition) is 3. The van der Waals surface area contributed by atoms with Crippen LogP contribution in [-0.2, 0) is 14.6 Å². The van der Waals surface area contributed by atoms with Crippen LogP contribution in [0.4, 0.5) is 16.6 Å². The van der Waals surface area contributed by atoms with E-state index in [1.54, 1.807) is 20.8 Å². The zero-order valence-electron chi connectivity index (χ0n) is 14.9. The zero-order valence-corrected chi connectivity index (χ0v) is 15.8. The second kappa shape index (κ2) is 7.20. The lowest BCUT2D eigenvalue weighted by Crippen LogP contribution is -2.29. The van der Waals surface area contributed by atoms with E-state index in [0.29, 0.717) is 12.1 Å². The molecule has 0 bridgehead atoms. The van der Waals surface area contributed by atoms with Gasteiger partial charge in [-0.25, -0.2) is 33.1 Å². The molecule has 11 heteroatoms. The van der Waals surface area contributed by atoms with Crippen LogP contribution in [0.5, 0.6) is 0 Å². The summed E-state index contributed by atoms with van der Waals surface area (Å²) in [5.74, 6) is 0.438. The standard InChI is InChI=1S/C15H21N7O3S/c1-5-17-14(23)22-13-18-7-9(8-19-13)12-20-10(6-11(16)21-12)15(2,3)26(4,24)25/h6-8H,5H2,1-4H3,(H2,16,20,21)(H2,17,18,19,22,23). The summed E-state index contributed by atoms with van der Waals surface area (Å²) in [5.41, 5.74) is 6.52. The highest BCUT2D eigenvalue weighted by atomic mass is 32.2. The maximum atomic E-state index is 12.0. The predicted octanol–water partition coefficient (Wildman–Crippen LogP) is 0.937. The van der Waals surface area contributed by atoms with Gasteiger partial charge >= 0.3 is 6.03 Å². The predicted molar refractivity (Wildman–Crippen MR) is 98.0 cm³/mol. The van der Waals surface area contributed by atoms with Gasteiger partial charge in [-0.3, -0.25) is 5.32 Å². The summed E-state index contributed by atoms with van der Waals surface area (Å²) in [5, 5.41) is 5.03. The number of rotatable bonds is 5. The number of carbonyl (C=O) groups is 1. The van der Waals surface area contributed by atoms with Crippen LogP contribution in [0.2, 0.25) is 0 Å². The molecule has 2 amide bonds. The highest BCUT2D eigenvalue weighted by Gasteiger charge is 2.34. The number of anilines is 2. The molecule has 0 aromatic carbocycles. The number of aromatic nitrogens is 4. The minimum absolute atomic E-state index is 0.111. The van der Waals surface area contributed by atoms with Gasteiger partial charge in [0.1, 0.15) is 10.6 Å². The Balaban J connectivity index is 2.36. The van der Waals surface area contributed by atoms with Crippen molar-refractivity contribution in [1.82, 2.24) is 25.3 Å². The van der Waals surface area contributed by atoms with Gasteiger partial charge in [0.15, 0.2) is 15.7 Å². The van der Waals surface area contributed by atoms with Crippen LogP contribution in [0.1, 0.15) is 26.5 Å². The number of hydrogen-bond acceptors (Lipinski definition) is 8. The smallest absolute Gasteiger partial charge is 0.321 e. The van der Waals surface area contributed by atoms with Crippen molar-refractivity contribution >= 4 is 27.6 Å². The van der Waals surface area contributed by atoms with Crippen LogP contribution in [0.3, 0.4) is 0 Å². The molecule has 0 aliphatic carbocycles. The third-order valence-electron chi connectivity index (χ3n) is 3.76. The Kier molecular flexibility index (Phi) is 5.40. The Morgan fingerprint density at radius 3 is 2.38 bits per heavy atom. The van der Waals surface area contributed by atoms with Gasteiger partial charge in [0, 0.05) is 31.3 Å². The summed E-state index contributed by atoms with van der Waals surface area (Å²) in [6, 6.07) is 1.01. The second-order valence-corrected chi connectivity index (χ2v) is 8.63. The normalized spacial score (nSPS) is 11.8. The molecule has 0 fully saturated rings. The van der Waals surface area contributed by atoms with Crippen LogP contribution >= 0.6 is 0 Å². The van der Waals surface area contributed by atoms with E-state index in [2.05, 4.69) is 30.6 Å². The second-order valence-electron chi connectivity index (χ2n) is 6.06. The first-order chi connectivity index (χ1) is 12.0. The fourth-order valence-corrected chi connectivity index (χ4v) is 2.39. The van der Waals surface area contributed by atoms with Crippen molar-refractivity contribution in [3.8, 4) is 11.4 Å². The van der Waals surface area contributed by atoms with Crippen LogP contribution in [0.25, 0.3) is 11.4 Å². The molecule has 10 nitrogen and oxygen atoms in total. The molecular weight excluding hydrogens is 358 g/mol. The van der Waals surface area contributed by atoms with Gasteiger partial charge in [0.05, 0.1) is 11.3 Å². The molecule has 26 heavy (non-hydrogen) atoms. The van der Waals surface area contributed by atoms with E-state index >= 15 is 0 Å². The van der Waals surface area contributed by atoms with Crippen LogP contribution in [0, 0.1) is 0 Å². The third-order valence-corrected chi connectivity index (χ3v) is 5.83. The highest BCUT2D eigenvalue weighted by Crippen LogP contribution is 2.29. The van der Waals surface area contributed by atoms with Crippen molar-refractivity contribution in [2.45, 2.75) is 25.5 Å². The van der Waals surface area contributed by atoms with Crippen LogP contribution in [-0.4, -0.2) is 47.2 Å². The molecular formula is C15H21N7O3S. The third kappa shape index (κ3) is 4.23. The number of nitrogen functional groups attached to an aromatic ring is 1. The molecule has 0 spiro atoms. The van der Waals surface area contributed by atoms with Gasteiger partial charge < -0.3 is 11.1 Å². The van der Waals surface area contributed by atoms with Gasteiger partial charge in [-0.15, -0.1) is 0 Å². The quantitative estimate of drug-likeness (QED) is 0.693. The molecule has 2 aromatic rings. The topological polar surface area (TPSA) is 153 Å². The Bertz CT molecular complexity index is 911. The Hall–Kier alpha value is -2.82. The monoisotopic (exact) mass is 379 g/mol. The van der Waals surface area contributed by atoms with Crippen molar-refractivity contribution in [1.29, 1.82) is 0 Å². The molecule has 0 aliphatic rings. The van der Waals surface area contributed by atoms with Gasteiger partial charge in [0.25, 0.3) is 0 Å². The fourth-order valence-electron chi connectivity index (χ4n) is 1.91. The minimum atomic E-state index is -3.43. The number of carbonyl (C=O) groups excluding carboxylic acids is 1. The fraction of sp³-hybridized carbons (Fsp3) is 0.400. The first-order valence-electron chi connectivity index (χ1n) is 7.76. The number of nitrogens with one attached hydrogen (secondary N) is 2. The van der Waals surface area contributed by atoms with E-state index in [4.69, 9.17) is 5.73 Å². The summed E-state index contributed by atoms with van der Waals surface area (Å²) in [6.07, 6.45) is 3.97. The maximum Gasteiger partial charge on any atom is 0.321 e. The van der Waals surface area contributed by atoms with Gasteiger partial charge in [-0.05, 0) is 20.8 Å². The van der Waals surface area contributed by atoms with E-state index < -0.39 is 20.6 Å². The van der Waals surface area contributed by atoms with E-state index in [1.807, 2.05) is 0 Å². The van der Waals surface area contributed by atoms with Crippen molar-refractivity contribution in [3.63, 3.8) is 0 Å². The summed E-state index contributed by atoms with van der Waals surface area (Å²) < 4.78 is 22.8. The maximum absolute atomic E-state index is 12.0. The highest BCUT2D eigenvalue weighted by molar-refractivity contribution is 7.91.